The molecule has 0 aliphatic heterocycles. The highest BCUT2D eigenvalue weighted by atomic mass is 35.5. The lowest BCUT2D eigenvalue weighted by molar-refractivity contribution is 0.590. The fourth-order valence-electron chi connectivity index (χ4n) is 1.47. The molecule has 0 saturated carbocycles. The van der Waals surface area contributed by atoms with Gasteiger partial charge in [-0.25, -0.2) is 0 Å². The lowest BCUT2D eigenvalue weighted by Crippen LogP contribution is -2.15. The van der Waals surface area contributed by atoms with Crippen molar-refractivity contribution < 1.29 is 0 Å². The third kappa shape index (κ3) is 1.95. The second-order valence-corrected chi connectivity index (χ2v) is 4.02. The van der Waals surface area contributed by atoms with Crippen LogP contribution in [0.15, 0.2) is 18.2 Å². The van der Waals surface area contributed by atoms with Gasteiger partial charge < -0.3 is 5.32 Å². The number of hydrogen-bond donors (Lipinski definition) is 1. The van der Waals surface area contributed by atoms with Crippen LogP contribution in [-0.2, 0) is 6.54 Å². The number of fused-ring (bicyclic) bond motifs is 1. The zero-order valence-electron chi connectivity index (χ0n) is 8.30. The van der Waals surface area contributed by atoms with Crippen LogP contribution in [0.4, 0.5) is 0 Å². The van der Waals surface area contributed by atoms with Crippen molar-refractivity contribution in [2.24, 2.45) is 0 Å². The molecule has 0 aliphatic carbocycles. The van der Waals surface area contributed by atoms with Crippen molar-refractivity contribution in [2.45, 2.75) is 6.54 Å². The summed E-state index contributed by atoms with van der Waals surface area (Å²) in [6, 6.07) is 5.60. The molecule has 0 aliphatic rings. The molecular formula is C10H11Cl2N3. The Balaban J connectivity index is 2.50. The molecule has 0 saturated heterocycles. The maximum absolute atomic E-state index is 6.19. The highest BCUT2D eigenvalue weighted by Gasteiger charge is 2.11. The Morgan fingerprint density at radius 2 is 2.20 bits per heavy atom. The predicted molar refractivity (Wildman–Crippen MR) is 63.7 cm³/mol. The molecule has 1 aromatic carbocycles. The molecule has 0 unspecified atom stereocenters. The van der Waals surface area contributed by atoms with Gasteiger partial charge in [0.25, 0.3) is 0 Å². The van der Waals surface area contributed by atoms with Gasteiger partial charge in [-0.2, -0.15) is 5.10 Å². The van der Waals surface area contributed by atoms with Gasteiger partial charge in [-0.15, -0.1) is 0 Å². The van der Waals surface area contributed by atoms with Crippen LogP contribution >= 0.6 is 23.2 Å². The molecule has 3 nitrogen and oxygen atoms in total. The van der Waals surface area contributed by atoms with E-state index in [1.54, 1.807) is 4.68 Å². The number of aromatic nitrogens is 2. The van der Waals surface area contributed by atoms with Gasteiger partial charge in [0, 0.05) is 6.54 Å². The maximum atomic E-state index is 6.19. The first kappa shape index (κ1) is 10.7. The van der Waals surface area contributed by atoms with E-state index in [-0.39, 0.29) is 0 Å². The van der Waals surface area contributed by atoms with Gasteiger partial charge in [-0.05, 0) is 19.2 Å². The first-order chi connectivity index (χ1) is 7.24. The van der Waals surface area contributed by atoms with Crippen molar-refractivity contribution in [3.05, 3.63) is 28.4 Å². The van der Waals surface area contributed by atoms with Gasteiger partial charge in [-0.1, -0.05) is 29.3 Å². The van der Waals surface area contributed by atoms with Crippen molar-refractivity contribution in [3.63, 3.8) is 0 Å². The number of rotatable bonds is 3. The smallest absolute Gasteiger partial charge is 0.136 e. The van der Waals surface area contributed by atoms with E-state index in [1.807, 2.05) is 25.2 Å². The maximum Gasteiger partial charge on any atom is 0.136 e. The number of likely N-dealkylation sites (N-methyl/N-ethyl adjacent to an activating group) is 1. The molecular weight excluding hydrogens is 233 g/mol. The molecule has 0 amide bonds. The summed E-state index contributed by atoms with van der Waals surface area (Å²) in [5.74, 6) is 0. The number of nitrogens with zero attached hydrogens (tertiary/aromatic N) is 2. The van der Waals surface area contributed by atoms with E-state index in [0.29, 0.717) is 10.2 Å². The van der Waals surface area contributed by atoms with E-state index in [4.69, 9.17) is 23.2 Å². The van der Waals surface area contributed by atoms with E-state index < -0.39 is 0 Å². The van der Waals surface area contributed by atoms with Crippen molar-refractivity contribution in [2.75, 3.05) is 13.6 Å². The average molecular weight is 244 g/mol. The molecule has 0 atom stereocenters. The molecule has 2 aromatic rings. The number of nitrogens with one attached hydrogen (secondary N) is 1. The van der Waals surface area contributed by atoms with Gasteiger partial charge in [0.1, 0.15) is 5.15 Å². The van der Waals surface area contributed by atoms with Crippen LogP contribution in [0.25, 0.3) is 10.9 Å². The van der Waals surface area contributed by atoms with E-state index in [2.05, 4.69) is 10.4 Å². The molecule has 0 spiro atoms. The summed E-state index contributed by atoms with van der Waals surface area (Å²) < 4.78 is 1.76. The number of hydrogen-bond acceptors (Lipinski definition) is 2. The van der Waals surface area contributed by atoms with Gasteiger partial charge in [0.2, 0.25) is 0 Å². The first-order valence-corrected chi connectivity index (χ1v) is 5.44. The molecule has 5 heteroatoms. The van der Waals surface area contributed by atoms with Gasteiger partial charge in [0.15, 0.2) is 0 Å². The van der Waals surface area contributed by atoms with Gasteiger partial charge in [-0.3, -0.25) is 4.68 Å². The number of benzene rings is 1. The summed E-state index contributed by atoms with van der Waals surface area (Å²) in [6.07, 6.45) is 0. The Labute approximate surface area is 98.0 Å². The third-order valence-corrected chi connectivity index (χ3v) is 2.93. The average Bonchev–Trinajstić information content (AvgIpc) is 2.54. The summed E-state index contributed by atoms with van der Waals surface area (Å²) in [6.45, 7) is 1.56. The minimum absolute atomic E-state index is 0.603. The van der Waals surface area contributed by atoms with Crippen molar-refractivity contribution in [3.8, 4) is 0 Å². The normalized spacial score (nSPS) is 11.1. The Morgan fingerprint density at radius 1 is 1.40 bits per heavy atom. The highest BCUT2D eigenvalue weighted by molar-refractivity contribution is 6.41. The topological polar surface area (TPSA) is 29.9 Å². The standard InChI is InChI=1S/C10H11Cl2N3/c1-13-5-6-15-10(12)9-7(11)3-2-4-8(9)14-15/h2-4,13H,5-6H2,1H3. The minimum Gasteiger partial charge on any atom is -0.318 e. The van der Waals surface area contributed by atoms with Crippen LogP contribution in [0.5, 0.6) is 0 Å². The Kier molecular flexibility index (Phi) is 3.14. The first-order valence-electron chi connectivity index (χ1n) is 4.69. The quantitative estimate of drug-likeness (QED) is 0.899. The third-order valence-electron chi connectivity index (χ3n) is 2.23. The largest absolute Gasteiger partial charge is 0.318 e. The van der Waals surface area contributed by atoms with Crippen LogP contribution in [0.1, 0.15) is 0 Å². The Bertz CT molecular complexity index is 479. The molecule has 1 N–H and O–H groups in total. The van der Waals surface area contributed by atoms with E-state index in [0.717, 1.165) is 24.0 Å². The van der Waals surface area contributed by atoms with Crippen molar-refractivity contribution >= 4 is 34.1 Å². The Hall–Kier alpha value is -0.770. The van der Waals surface area contributed by atoms with Crippen molar-refractivity contribution in [1.82, 2.24) is 15.1 Å². The second-order valence-electron chi connectivity index (χ2n) is 3.25. The van der Waals surface area contributed by atoms with Crippen LogP contribution in [0.2, 0.25) is 10.2 Å². The van der Waals surface area contributed by atoms with Crippen molar-refractivity contribution in [1.29, 1.82) is 0 Å². The van der Waals surface area contributed by atoms with Crippen LogP contribution in [-0.4, -0.2) is 23.4 Å². The molecule has 0 bridgehead atoms. The van der Waals surface area contributed by atoms with Crippen LogP contribution in [0, 0.1) is 0 Å². The summed E-state index contributed by atoms with van der Waals surface area (Å²) in [5.41, 5.74) is 0.837. The lowest BCUT2D eigenvalue weighted by atomic mass is 10.3. The zero-order chi connectivity index (χ0) is 10.8. The molecule has 2 rings (SSSR count). The Morgan fingerprint density at radius 3 is 2.87 bits per heavy atom. The fraction of sp³-hybridized carbons (Fsp3) is 0.300. The van der Waals surface area contributed by atoms with E-state index >= 15 is 0 Å². The molecule has 80 valence electrons. The molecule has 15 heavy (non-hydrogen) atoms. The molecule has 1 aromatic heterocycles. The number of halogens is 2. The summed E-state index contributed by atoms with van der Waals surface area (Å²) in [5, 5.41) is 9.50. The van der Waals surface area contributed by atoms with Crippen LogP contribution in [0.3, 0.4) is 0 Å². The summed E-state index contributed by atoms with van der Waals surface area (Å²) in [7, 11) is 1.89. The second kappa shape index (κ2) is 4.39. The molecule has 1 heterocycles. The fourth-order valence-corrected chi connectivity index (χ4v) is 2.10. The minimum atomic E-state index is 0.603. The molecule has 0 radical (unpaired) electrons. The zero-order valence-corrected chi connectivity index (χ0v) is 9.81. The highest BCUT2D eigenvalue weighted by Crippen LogP contribution is 2.29. The predicted octanol–water partition coefficient (Wildman–Crippen LogP) is 2.56. The van der Waals surface area contributed by atoms with Gasteiger partial charge in [0.05, 0.1) is 22.5 Å². The molecule has 0 fully saturated rings. The summed E-state index contributed by atoms with van der Waals surface area (Å²) in [4.78, 5) is 0. The van der Waals surface area contributed by atoms with Gasteiger partial charge >= 0.3 is 0 Å². The summed E-state index contributed by atoms with van der Waals surface area (Å²) >= 11 is 12.2. The SMILES string of the molecule is CNCCn1nc2cccc(Cl)c2c1Cl. The van der Waals surface area contributed by atoms with E-state index in [9.17, 15) is 0 Å². The van der Waals surface area contributed by atoms with Crippen LogP contribution < -0.4 is 5.32 Å². The monoisotopic (exact) mass is 243 g/mol. The lowest BCUT2D eigenvalue weighted by Gasteiger charge is -2.01. The van der Waals surface area contributed by atoms with E-state index in [1.165, 1.54) is 0 Å².